The van der Waals surface area contributed by atoms with Crippen molar-refractivity contribution in [2.45, 2.75) is 13.0 Å². The highest BCUT2D eigenvalue weighted by Gasteiger charge is 2.04. The SMILES string of the molecule is Fc1cccc(COCCc2ccccn2)c1Br. The zero-order valence-corrected chi connectivity index (χ0v) is 11.4. The van der Waals surface area contributed by atoms with E-state index in [1.807, 2.05) is 24.3 Å². The van der Waals surface area contributed by atoms with Crippen molar-refractivity contribution in [1.82, 2.24) is 4.98 Å². The van der Waals surface area contributed by atoms with Crippen LogP contribution in [0.3, 0.4) is 0 Å². The molecule has 0 atom stereocenters. The molecule has 0 aliphatic carbocycles. The van der Waals surface area contributed by atoms with Crippen molar-refractivity contribution in [1.29, 1.82) is 0 Å². The molecule has 0 saturated heterocycles. The summed E-state index contributed by atoms with van der Waals surface area (Å²) in [6, 6.07) is 10.7. The van der Waals surface area contributed by atoms with Gasteiger partial charge in [-0.2, -0.15) is 0 Å². The molecule has 1 aromatic carbocycles. The van der Waals surface area contributed by atoms with Crippen molar-refractivity contribution in [3.8, 4) is 0 Å². The van der Waals surface area contributed by atoms with Crippen molar-refractivity contribution in [2.75, 3.05) is 6.61 Å². The van der Waals surface area contributed by atoms with E-state index in [0.29, 0.717) is 17.7 Å². The maximum Gasteiger partial charge on any atom is 0.137 e. The van der Waals surface area contributed by atoms with Gasteiger partial charge in [-0.15, -0.1) is 0 Å². The van der Waals surface area contributed by atoms with Gasteiger partial charge in [0.05, 0.1) is 17.7 Å². The Morgan fingerprint density at radius 1 is 1.17 bits per heavy atom. The first-order valence-corrected chi connectivity index (χ1v) is 6.47. The maximum absolute atomic E-state index is 13.2. The van der Waals surface area contributed by atoms with Crippen LogP contribution in [0, 0.1) is 5.82 Å². The van der Waals surface area contributed by atoms with Crippen molar-refractivity contribution < 1.29 is 9.13 Å². The molecule has 0 fully saturated rings. The highest BCUT2D eigenvalue weighted by molar-refractivity contribution is 9.10. The first kappa shape index (κ1) is 13.2. The Kier molecular flexibility index (Phi) is 4.84. The summed E-state index contributed by atoms with van der Waals surface area (Å²) in [5, 5.41) is 0. The normalized spacial score (nSPS) is 10.6. The van der Waals surface area contributed by atoms with Gasteiger partial charge >= 0.3 is 0 Å². The predicted octanol–water partition coefficient (Wildman–Crippen LogP) is 3.74. The zero-order chi connectivity index (χ0) is 12.8. The van der Waals surface area contributed by atoms with Crippen molar-refractivity contribution in [2.24, 2.45) is 0 Å². The first-order valence-electron chi connectivity index (χ1n) is 5.68. The van der Waals surface area contributed by atoms with E-state index in [4.69, 9.17) is 4.74 Å². The lowest BCUT2D eigenvalue weighted by molar-refractivity contribution is 0.122. The van der Waals surface area contributed by atoms with Crippen LogP contribution in [-0.2, 0) is 17.8 Å². The highest BCUT2D eigenvalue weighted by atomic mass is 79.9. The second-order valence-electron chi connectivity index (χ2n) is 3.84. The van der Waals surface area contributed by atoms with Gasteiger partial charge in [0.2, 0.25) is 0 Å². The van der Waals surface area contributed by atoms with Crippen molar-refractivity contribution >= 4 is 15.9 Å². The zero-order valence-electron chi connectivity index (χ0n) is 9.77. The molecule has 2 nitrogen and oxygen atoms in total. The minimum absolute atomic E-state index is 0.263. The van der Waals surface area contributed by atoms with E-state index < -0.39 is 0 Å². The molecular formula is C14H13BrFNO. The van der Waals surface area contributed by atoms with Gasteiger partial charge in [0.15, 0.2) is 0 Å². The lowest BCUT2D eigenvalue weighted by Crippen LogP contribution is -2.01. The Bertz CT molecular complexity index is 504. The van der Waals surface area contributed by atoms with Gasteiger partial charge in [0, 0.05) is 18.3 Å². The third-order valence-electron chi connectivity index (χ3n) is 2.52. The van der Waals surface area contributed by atoms with Crippen molar-refractivity contribution in [3.05, 3.63) is 64.1 Å². The molecule has 0 bridgehead atoms. The molecule has 4 heteroatoms. The Labute approximate surface area is 114 Å². The molecule has 0 aliphatic rings. The average molecular weight is 310 g/mol. The first-order chi connectivity index (χ1) is 8.77. The predicted molar refractivity (Wildman–Crippen MR) is 71.7 cm³/mol. The Morgan fingerprint density at radius 3 is 2.83 bits per heavy atom. The van der Waals surface area contributed by atoms with Crippen LogP contribution in [0.5, 0.6) is 0 Å². The van der Waals surface area contributed by atoms with Gasteiger partial charge in [-0.05, 0) is 39.7 Å². The molecule has 2 aromatic rings. The fraction of sp³-hybridized carbons (Fsp3) is 0.214. The molecule has 0 amide bonds. The fourth-order valence-corrected chi connectivity index (χ4v) is 1.94. The molecule has 0 saturated carbocycles. The van der Waals surface area contributed by atoms with E-state index in [-0.39, 0.29) is 5.82 Å². The summed E-state index contributed by atoms with van der Waals surface area (Å²) in [7, 11) is 0. The lowest BCUT2D eigenvalue weighted by atomic mass is 10.2. The van der Waals surface area contributed by atoms with E-state index in [1.165, 1.54) is 6.07 Å². The van der Waals surface area contributed by atoms with Gasteiger partial charge in [-0.25, -0.2) is 4.39 Å². The fourth-order valence-electron chi connectivity index (χ4n) is 1.56. The number of hydrogen-bond acceptors (Lipinski definition) is 2. The molecule has 0 radical (unpaired) electrons. The van der Waals surface area contributed by atoms with Gasteiger partial charge in [0.1, 0.15) is 5.82 Å². The summed E-state index contributed by atoms with van der Waals surface area (Å²) in [6.07, 6.45) is 2.52. The molecule has 0 N–H and O–H groups in total. The van der Waals surface area contributed by atoms with Crippen LogP contribution in [0.4, 0.5) is 4.39 Å². The van der Waals surface area contributed by atoms with E-state index in [9.17, 15) is 4.39 Å². The van der Waals surface area contributed by atoms with E-state index in [0.717, 1.165) is 17.7 Å². The number of ether oxygens (including phenoxy) is 1. The topological polar surface area (TPSA) is 22.1 Å². The van der Waals surface area contributed by atoms with Gasteiger partial charge in [-0.3, -0.25) is 4.98 Å². The molecule has 1 aromatic heterocycles. The molecule has 94 valence electrons. The van der Waals surface area contributed by atoms with Crippen LogP contribution in [0.1, 0.15) is 11.3 Å². The van der Waals surface area contributed by atoms with Gasteiger partial charge < -0.3 is 4.74 Å². The number of aromatic nitrogens is 1. The van der Waals surface area contributed by atoms with Gasteiger partial charge in [0.25, 0.3) is 0 Å². The van der Waals surface area contributed by atoms with Gasteiger partial charge in [-0.1, -0.05) is 18.2 Å². The Hall–Kier alpha value is -1.26. The van der Waals surface area contributed by atoms with Crippen LogP contribution in [0.2, 0.25) is 0 Å². The molecule has 18 heavy (non-hydrogen) atoms. The summed E-state index contributed by atoms with van der Waals surface area (Å²) in [4.78, 5) is 4.21. The van der Waals surface area contributed by atoms with Crippen LogP contribution < -0.4 is 0 Å². The molecule has 0 unspecified atom stereocenters. The number of pyridine rings is 1. The summed E-state index contributed by atoms with van der Waals surface area (Å²) >= 11 is 3.21. The van der Waals surface area contributed by atoms with E-state index >= 15 is 0 Å². The minimum Gasteiger partial charge on any atom is -0.376 e. The molecular weight excluding hydrogens is 297 g/mol. The number of hydrogen-bond donors (Lipinski definition) is 0. The summed E-state index contributed by atoms with van der Waals surface area (Å²) in [5.74, 6) is -0.263. The molecule has 1 heterocycles. The Balaban J connectivity index is 1.81. The van der Waals surface area contributed by atoms with E-state index in [1.54, 1.807) is 12.3 Å². The Morgan fingerprint density at radius 2 is 2.06 bits per heavy atom. The summed E-state index contributed by atoms with van der Waals surface area (Å²) < 4.78 is 19.2. The summed E-state index contributed by atoms with van der Waals surface area (Å²) in [5.41, 5.74) is 1.81. The van der Waals surface area contributed by atoms with Crippen LogP contribution in [0.25, 0.3) is 0 Å². The minimum atomic E-state index is -0.263. The lowest BCUT2D eigenvalue weighted by Gasteiger charge is -2.06. The maximum atomic E-state index is 13.2. The monoisotopic (exact) mass is 309 g/mol. The number of nitrogens with zero attached hydrogens (tertiary/aromatic N) is 1. The van der Waals surface area contributed by atoms with Crippen LogP contribution >= 0.6 is 15.9 Å². The third-order valence-corrected chi connectivity index (χ3v) is 3.41. The number of halogens is 2. The molecule has 2 rings (SSSR count). The smallest absolute Gasteiger partial charge is 0.137 e. The second kappa shape index (κ2) is 6.61. The second-order valence-corrected chi connectivity index (χ2v) is 4.63. The summed E-state index contributed by atoms with van der Waals surface area (Å²) in [6.45, 7) is 0.963. The van der Waals surface area contributed by atoms with Crippen LogP contribution in [-0.4, -0.2) is 11.6 Å². The quantitative estimate of drug-likeness (QED) is 0.785. The average Bonchev–Trinajstić information content (AvgIpc) is 2.40. The third kappa shape index (κ3) is 3.62. The van der Waals surface area contributed by atoms with Crippen LogP contribution in [0.15, 0.2) is 47.1 Å². The largest absolute Gasteiger partial charge is 0.376 e. The highest BCUT2D eigenvalue weighted by Crippen LogP contribution is 2.20. The standard InChI is InChI=1S/C14H13BrFNO/c15-14-11(4-3-6-13(14)16)10-18-9-7-12-5-1-2-8-17-12/h1-6,8H,7,9-10H2. The number of benzene rings is 1. The molecule has 0 aliphatic heterocycles. The van der Waals surface area contributed by atoms with Crippen molar-refractivity contribution in [3.63, 3.8) is 0 Å². The molecule has 0 spiro atoms. The van der Waals surface area contributed by atoms with E-state index in [2.05, 4.69) is 20.9 Å². The number of rotatable bonds is 5.